The molecule has 1 aromatic heterocycles. The van der Waals surface area contributed by atoms with Crippen LogP contribution in [0.3, 0.4) is 0 Å². The van der Waals surface area contributed by atoms with E-state index in [1.165, 1.54) is 18.3 Å². The lowest BCUT2D eigenvalue weighted by Crippen LogP contribution is -2.15. The van der Waals surface area contributed by atoms with Crippen LogP contribution in [0, 0.1) is 6.92 Å². The minimum absolute atomic E-state index is 0.0103. The van der Waals surface area contributed by atoms with E-state index < -0.39 is 10.0 Å². The zero-order valence-electron chi connectivity index (χ0n) is 14.5. The lowest BCUT2D eigenvalue weighted by atomic mass is 10.2. The molecule has 0 saturated heterocycles. The molecule has 0 amide bonds. The van der Waals surface area contributed by atoms with Gasteiger partial charge in [0.05, 0.1) is 11.1 Å². The lowest BCUT2D eigenvalue weighted by Gasteiger charge is -2.13. The number of nitrogens with one attached hydrogen (secondary N) is 1. The molecule has 6 nitrogen and oxygen atoms in total. The molecule has 0 fully saturated rings. The van der Waals surface area contributed by atoms with Crippen LogP contribution in [0.4, 0.5) is 5.82 Å². The maximum Gasteiger partial charge on any atom is 0.263 e. The highest BCUT2D eigenvalue weighted by molar-refractivity contribution is 9.10. The van der Waals surface area contributed by atoms with Crippen LogP contribution in [0.25, 0.3) is 0 Å². The van der Waals surface area contributed by atoms with Crippen LogP contribution >= 0.6 is 39.1 Å². The maximum atomic E-state index is 12.6. The highest BCUT2D eigenvalue weighted by Crippen LogP contribution is 2.27. The van der Waals surface area contributed by atoms with Crippen LogP contribution in [0.5, 0.6) is 5.88 Å². The van der Waals surface area contributed by atoms with Crippen molar-refractivity contribution in [2.24, 2.45) is 0 Å². The second kappa shape index (κ2) is 8.65. The number of hydrogen-bond donors (Lipinski definition) is 1. The molecule has 0 radical (unpaired) electrons. The van der Waals surface area contributed by atoms with Crippen molar-refractivity contribution in [2.75, 3.05) is 4.72 Å². The van der Waals surface area contributed by atoms with E-state index in [9.17, 15) is 8.42 Å². The molecule has 0 spiro atoms. The van der Waals surface area contributed by atoms with Gasteiger partial charge in [-0.2, -0.15) is 0 Å². The van der Waals surface area contributed by atoms with Crippen molar-refractivity contribution in [3.63, 3.8) is 0 Å². The SMILES string of the molecule is Cc1ccc(S(=O)(=O)Nc2ncc(Br)nc2OCc2ccc(Cl)cc2Cl)cc1. The summed E-state index contributed by atoms with van der Waals surface area (Å²) in [6.07, 6.45) is 1.37. The average molecular weight is 503 g/mol. The summed E-state index contributed by atoms with van der Waals surface area (Å²) >= 11 is 15.2. The van der Waals surface area contributed by atoms with Crippen LogP contribution in [0.1, 0.15) is 11.1 Å². The molecule has 28 heavy (non-hydrogen) atoms. The Morgan fingerprint density at radius 3 is 2.54 bits per heavy atom. The fourth-order valence-corrected chi connectivity index (χ4v) is 3.94. The third-order valence-electron chi connectivity index (χ3n) is 3.65. The van der Waals surface area contributed by atoms with Crippen molar-refractivity contribution in [2.45, 2.75) is 18.4 Å². The predicted molar refractivity (Wildman–Crippen MR) is 113 cm³/mol. The summed E-state index contributed by atoms with van der Waals surface area (Å²) in [5, 5.41) is 0.930. The van der Waals surface area contributed by atoms with Crippen LogP contribution < -0.4 is 9.46 Å². The second-order valence-corrected chi connectivity index (χ2v) is 9.13. The zero-order chi connectivity index (χ0) is 20.3. The van der Waals surface area contributed by atoms with Gasteiger partial charge >= 0.3 is 0 Å². The molecule has 2 aromatic carbocycles. The van der Waals surface area contributed by atoms with E-state index >= 15 is 0 Å². The van der Waals surface area contributed by atoms with E-state index in [1.54, 1.807) is 30.3 Å². The van der Waals surface area contributed by atoms with Gasteiger partial charge in [0, 0.05) is 15.6 Å². The summed E-state index contributed by atoms with van der Waals surface area (Å²) in [5.74, 6) is -0.0232. The van der Waals surface area contributed by atoms with E-state index in [0.717, 1.165) is 5.56 Å². The van der Waals surface area contributed by atoms with Gasteiger partial charge < -0.3 is 4.74 Å². The topological polar surface area (TPSA) is 81.2 Å². The first kappa shape index (κ1) is 20.9. The summed E-state index contributed by atoms with van der Waals surface area (Å²) in [6, 6.07) is 11.4. The standard InChI is InChI=1S/C18H14BrCl2N3O3S/c1-11-2-6-14(7-3-11)28(25,26)24-17-18(23-16(19)9-22-17)27-10-12-4-5-13(20)8-15(12)21/h2-9H,10H2,1H3,(H,22,24). The number of halogens is 3. The number of anilines is 1. The first-order chi connectivity index (χ1) is 13.2. The lowest BCUT2D eigenvalue weighted by molar-refractivity contribution is 0.294. The molecule has 146 valence electrons. The molecule has 1 N–H and O–H groups in total. The van der Waals surface area contributed by atoms with Crippen molar-refractivity contribution in [1.82, 2.24) is 9.97 Å². The molecule has 10 heteroatoms. The van der Waals surface area contributed by atoms with Crippen molar-refractivity contribution in [3.05, 3.63) is 74.4 Å². The third-order valence-corrected chi connectivity index (χ3v) is 5.98. The smallest absolute Gasteiger partial charge is 0.263 e. The minimum Gasteiger partial charge on any atom is -0.470 e. The quantitative estimate of drug-likeness (QED) is 0.498. The molecule has 0 aliphatic rings. The fraction of sp³-hybridized carbons (Fsp3) is 0.111. The summed E-state index contributed by atoms with van der Waals surface area (Å²) in [7, 11) is -3.85. The number of ether oxygens (including phenoxy) is 1. The molecular weight excluding hydrogens is 489 g/mol. The Bertz CT molecular complexity index is 1110. The molecule has 0 saturated carbocycles. The van der Waals surface area contributed by atoms with Crippen molar-refractivity contribution in [3.8, 4) is 5.88 Å². The Kier molecular flexibility index (Phi) is 6.44. The van der Waals surface area contributed by atoms with Gasteiger partial charge in [-0.15, -0.1) is 0 Å². The molecule has 0 bridgehead atoms. The summed E-state index contributed by atoms with van der Waals surface area (Å²) in [4.78, 5) is 8.35. The molecule has 0 atom stereocenters. The van der Waals surface area contributed by atoms with Gasteiger partial charge in [-0.3, -0.25) is 4.72 Å². The first-order valence-electron chi connectivity index (χ1n) is 7.93. The Morgan fingerprint density at radius 2 is 1.86 bits per heavy atom. The van der Waals surface area contributed by atoms with Gasteiger partial charge in [-0.25, -0.2) is 18.4 Å². The Hall–Kier alpha value is -1.87. The Labute approximate surface area is 181 Å². The van der Waals surface area contributed by atoms with Gasteiger partial charge in [0.15, 0.2) is 0 Å². The van der Waals surface area contributed by atoms with Crippen LogP contribution in [0.2, 0.25) is 10.0 Å². The predicted octanol–water partition coefficient (Wildman–Crippen LogP) is 5.23. The van der Waals surface area contributed by atoms with Crippen molar-refractivity contribution >= 4 is 55.0 Å². The number of benzene rings is 2. The van der Waals surface area contributed by atoms with Crippen LogP contribution in [-0.2, 0) is 16.6 Å². The molecule has 3 aromatic rings. The number of nitrogens with zero attached hydrogens (tertiary/aromatic N) is 2. The van der Waals surface area contributed by atoms with Crippen molar-refractivity contribution < 1.29 is 13.2 Å². The van der Waals surface area contributed by atoms with E-state index in [0.29, 0.717) is 20.2 Å². The molecule has 0 aliphatic carbocycles. The number of sulfonamides is 1. The Balaban J connectivity index is 1.85. The molecule has 0 aliphatic heterocycles. The van der Waals surface area contributed by atoms with E-state index in [-0.39, 0.29) is 23.2 Å². The van der Waals surface area contributed by atoms with Gasteiger partial charge in [-0.05, 0) is 47.1 Å². The first-order valence-corrected chi connectivity index (χ1v) is 11.0. The second-order valence-electron chi connectivity index (χ2n) is 5.79. The van der Waals surface area contributed by atoms with E-state index in [4.69, 9.17) is 27.9 Å². The Morgan fingerprint density at radius 1 is 1.14 bits per heavy atom. The highest BCUT2D eigenvalue weighted by atomic mass is 79.9. The third kappa shape index (κ3) is 5.14. The van der Waals surface area contributed by atoms with Crippen LogP contribution in [-0.4, -0.2) is 18.4 Å². The van der Waals surface area contributed by atoms with Crippen molar-refractivity contribution in [1.29, 1.82) is 0 Å². The highest BCUT2D eigenvalue weighted by Gasteiger charge is 2.19. The summed E-state index contributed by atoms with van der Waals surface area (Å²) < 4.78 is 33.7. The van der Waals surface area contributed by atoms with Gasteiger partial charge in [0.1, 0.15) is 11.2 Å². The summed E-state index contributed by atoms with van der Waals surface area (Å²) in [6.45, 7) is 1.93. The maximum absolute atomic E-state index is 12.6. The van der Waals surface area contributed by atoms with Gasteiger partial charge in [0.25, 0.3) is 15.9 Å². The normalized spacial score (nSPS) is 11.3. The van der Waals surface area contributed by atoms with E-state index in [1.807, 2.05) is 6.92 Å². The number of rotatable bonds is 6. The number of hydrogen-bond acceptors (Lipinski definition) is 5. The van der Waals surface area contributed by atoms with Crippen LogP contribution in [0.15, 0.2) is 58.2 Å². The number of aromatic nitrogens is 2. The monoisotopic (exact) mass is 501 g/mol. The molecular formula is C18H14BrCl2N3O3S. The average Bonchev–Trinajstić information content (AvgIpc) is 2.63. The molecule has 0 unspecified atom stereocenters. The zero-order valence-corrected chi connectivity index (χ0v) is 18.4. The van der Waals surface area contributed by atoms with E-state index in [2.05, 4.69) is 30.6 Å². The molecule has 1 heterocycles. The largest absolute Gasteiger partial charge is 0.470 e. The fourth-order valence-electron chi connectivity index (χ4n) is 2.21. The van der Waals surface area contributed by atoms with Gasteiger partial charge in [-0.1, -0.05) is 47.0 Å². The van der Waals surface area contributed by atoms with Gasteiger partial charge in [0.2, 0.25) is 5.82 Å². The minimum atomic E-state index is -3.85. The number of aryl methyl sites for hydroxylation is 1. The molecule has 3 rings (SSSR count). The summed E-state index contributed by atoms with van der Waals surface area (Å²) in [5.41, 5.74) is 1.62.